The van der Waals surface area contributed by atoms with Gasteiger partial charge in [0.25, 0.3) is 5.91 Å². The van der Waals surface area contributed by atoms with Crippen molar-refractivity contribution in [2.75, 3.05) is 6.54 Å². The highest BCUT2D eigenvalue weighted by atomic mass is 32.1. The van der Waals surface area contributed by atoms with E-state index < -0.39 is 0 Å². The first kappa shape index (κ1) is 9.73. The van der Waals surface area contributed by atoms with Crippen LogP contribution in [0.15, 0.2) is 0 Å². The molecule has 1 aromatic rings. The van der Waals surface area contributed by atoms with E-state index in [1.807, 2.05) is 0 Å². The standard InChI is InChI=1S/C11H13NOS2/c13-11-10-8(5-6-12(11)14)7-3-1-2-4-9(7)15-10/h14H,1-6H2. The third-order valence-corrected chi connectivity index (χ3v) is 4.99. The number of carbonyl (C=O) groups excluding carboxylic acids is 1. The Morgan fingerprint density at radius 3 is 2.80 bits per heavy atom. The second-order valence-electron chi connectivity index (χ2n) is 4.20. The Balaban J connectivity index is 2.12. The van der Waals surface area contributed by atoms with Crippen LogP contribution < -0.4 is 0 Å². The minimum atomic E-state index is 0.110. The summed E-state index contributed by atoms with van der Waals surface area (Å²) >= 11 is 5.90. The van der Waals surface area contributed by atoms with Gasteiger partial charge in [-0.2, -0.15) is 0 Å². The maximum atomic E-state index is 11.9. The first-order valence-electron chi connectivity index (χ1n) is 5.41. The largest absolute Gasteiger partial charge is 0.284 e. The molecule has 2 heterocycles. The molecule has 0 aromatic carbocycles. The van der Waals surface area contributed by atoms with Gasteiger partial charge >= 0.3 is 0 Å². The summed E-state index contributed by atoms with van der Waals surface area (Å²) in [6, 6.07) is 0. The minimum Gasteiger partial charge on any atom is -0.284 e. The molecule has 0 radical (unpaired) electrons. The van der Waals surface area contributed by atoms with Crippen LogP contribution in [0.5, 0.6) is 0 Å². The Hall–Kier alpha value is -0.480. The summed E-state index contributed by atoms with van der Waals surface area (Å²) in [6.07, 6.45) is 5.92. The summed E-state index contributed by atoms with van der Waals surface area (Å²) in [5.74, 6) is 0.110. The molecule has 0 N–H and O–H groups in total. The summed E-state index contributed by atoms with van der Waals surface area (Å²) < 4.78 is 1.55. The highest BCUT2D eigenvalue weighted by Gasteiger charge is 2.29. The zero-order valence-corrected chi connectivity index (χ0v) is 10.2. The summed E-state index contributed by atoms with van der Waals surface area (Å²) in [6.45, 7) is 0.762. The van der Waals surface area contributed by atoms with E-state index in [1.165, 1.54) is 41.7 Å². The van der Waals surface area contributed by atoms with Crippen molar-refractivity contribution in [3.05, 3.63) is 20.9 Å². The van der Waals surface area contributed by atoms with E-state index in [0.29, 0.717) is 0 Å². The zero-order valence-electron chi connectivity index (χ0n) is 8.45. The van der Waals surface area contributed by atoms with Crippen molar-refractivity contribution < 1.29 is 4.79 Å². The van der Waals surface area contributed by atoms with Crippen LogP contribution in [0, 0.1) is 0 Å². The molecule has 0 spiro atoms. The topological polar surface area (TPSA) is 20.3 Å². The van der Waals surface area contributed by atoms with Crippen molar-refractivity contribution in [3.8, 4) is 0 Å². The van der Waals surface area contributed by atoms with E-state index in [4.69, 9.17) is 0 Å². The lowest BCUT2D eigenvalue weighted by molar-refractivity contribution is 0.0868. The Kier molecular flexibility index (Phi) is 2.29. The van der Waals surface area contributed by atoms with Gasteiger partial charge in [-0.3, -0.25) is 9.10 Å². The van der Waals surface area contributed by atoms with E-state index >= 15 is 0 Å². The molecule has 1 aliphatic carbocycles. The summed E-state index contributed by atoms with van der Waals surface area (Å²) in [4.78, 5) is 14.3. The van der Waals surface area contributed by atoms with E-state index in [0.717, 1.165) is 17.8 Å². The Morgan fingerprint density at radius 1 is 1.13 bits per heavy atom. The lowest BCUT2D eigenvalue weighted by Crippen LogP contribution is -2.29. The third-order valence-electron chi connectivity index (χ3n) is 3.28. The Bertz CT molecular complexity index is 424. The SMILES string of the molecule is O=C1c2sc3c(c2CCN1S)CCCC3. The van der Waals surface area contributed by atoms with Crippen LogP contribution in [-0.4, -0.2) is 16.8 Å². The molecular weight excluding hydrogens is 226 g/mol. The van der Waals surface area contributed by atoms with Crippen molar-refractivity contribution in [1.82, 2.24) is 4.31 Å². The van der Waals surface area contributed by atoms with Crippen LogP contribution >= 0.6 is 24.2 Å². The zero-order chi connectivity index (χ0) is 10.4. The van der Waals surface area contributed by atoms with E-state index in [9.17, 15) is 4.79 Å². The van der Waals surface area contributed by atoms with E-state index in [2.05, 4.69) is 12.8 Å². The number of rotatable bonds is 0. The molecule has 15 heavy (non-hydrogen) atoms. The van der Waals surface area contributed by atoms with Gasteiger partial charge in [-0.25, -0.2) is 0 Å². The number of thiophene rings is 1. The second kappa shape index (κ2) is 3.52. The van der Waals surface area contributed by atoms with Crippen LogP contribution in [0.4, 0.5) is 0 Å². The maximum absolute atomic E-state index is 11.9. The van der Waals surface area contributed by atoms with Crippen molar-refractivity contribution in [1.29, 1.82) is 0 Å². The number of thiol groups is 1. The summed E-state index contributed by atoms with van der Waals surface area (Å²) in [7, 11) is 0. The van der Waals surface area contributed by atoms with E-state index in [1.54, 1.807) is 15.6 Å². The molecule has 2 nitrogen and oxygen atoms in total. The molecule has 0 atom stereocenters. The quantitative estimate of drug-likeness (QED) is 0.690. The molecule has 0 saturated carbocycles. The van der Waals surface area contributed by atoms with Gasteiger partial charge in [0.2, 0.25) is 0 Å². The molecule has 0 saturated heterocycles. The van der Waals surface area contributed by atoms with Crippen LogP contribution in [0.25, 0.3) is 0 Å². The Labute approximate surface area is 98.8 Å². The first-order chi connectivity index (χ1) is 7.27. The van der Waals surface area contributed by atoms with Crippen LogP contribution in [0.2, 0.25) is 0 Å². The van der Waals surface area contributed by atoms with Gasteiger partial charge in [0.05, 0.1) is 4.88 Å². The molecular formula is C11H13NOS2. The fourth-order valence-electron chi connectivity index (χ4n) is 2.50. The monoisotopic (exact) mass is 239 g/mol. The average molecular weight is 239 g/mol. The molecule has 80 valence electrons. The smallest absolute Gasteiger partial charge is 0.273 e. The minimum absolute atomic E-state index is 0.110. The lowest BCUT2D eigenvalue weighted by atomic mass is 9.92. The second-order valence-corrected chi connectivity index (χ2v) is 5.78. The van der Waals surface area contributed by atoms with Gasteiger partial charge in [-0.15, -0.1) is 11.3 Å². The van der Waals surface area contributed by atoms with Gasteiger partial charge in [0, 0.05) is 11.4 Å². The summed E-state index contributed by atoms with van der Waals surface area (Å²) in [5.41, 5.74) is 2.83. The molecule has 1 amide bonds. The van der Waals surface area contributed by atoms with Gasteiger partial charge in [-0.05, 0) is 43.2 Å². The number of amides is 1. The maximum Gasteiger partial charge on any atom is 0.273 e. The average Bonchev–Trinajstić information content (AvgIpc) is 2.63. The number of aryl methyl sites for hydroxylation is 1. The normalized spacial score (nSPS) is 20.1. The molecule has 2 aliphatic rings. The van der Waals surface area contributed by atoms with Gasteiger partial charge in [-0.1, -0.05) is 12.8 Å². The van der Waals surface area contributed by atoms with Crippen LogP contribution in [-0.2, 0) is 19.3 Å². The number of carbonyl (C=O) groups is 1. The van der Waals surface area contributed by atoms with Crippen molar-refractivity contribution >= 4 is 30.1 Å². The number of fused-ring (bicyclic) bond motifs is 3. The van der Waals surface area contributed by atoms with E-state index in [-0.39, 0.29) is 5.91 Å². The van der Waals surface area contributed by atoms with Crippen molar-refractivity contribution in [2.45, 2.75) is 32.1 Å². The van der Waals surface area contributed by atoms with Crippen LogP contribution in [0.1, 0.15) is 38.5 Å². The van der Waals surface area contributed by atoms with Crippen molar-refractivity contribution in [2.24, 2.45) is 0 Å². The van der Waals surface area contributed by atoms with Gasteiger partial charge in [0.1, 0.15) is 0 Å². The molecule has 0 fully saturated rings. The van der Waals surface area contributed by atoms with Gasteiger partial charge < -0.3 is 0 Å². The number of nitrogens with zero attached hydrogens (tertiary/aromatic N) is 1. The fraction of sp³-hybridized carbons (Fsp3) is 0.545. The predicted octanol–water partition coefficient (Wildman–Crippen LogP) is 2.47. The predicted molar refractivity (Wildman–Crippen MR) is 64.7 cm³/mol. The molecule has 4 heteroatoms. The summed E-state index contributed by atoms with van der Waals surface area (Å²) in [5, 5.41) is 0. The van der Waals surface area contributed by atoms with Gasteiger partial charge in [0.15, 0.2) is 0 Å². The number of hydrogen-bond donors (Lipinski definition) is 1. The Morgan fingerprint density at radius 2 is 1.93 bits per heavy atom. The first-order valence-corrected chi connectivity index (χ1v) is 6.63. The lowest BCUT2D eigenvalue weighted by Gasteiger charge is -2.21. The molecule has 0 unspecified atom stereocenters. The van der Waals surface area contributed by atoms with Crippen LogP contribution in [0.3, 0.4) is 0 Å². The highest BCUT2D eigenvalue weighted by Crippen LogP contribution is 2.37. The molecule has 1 aromatic heterocycles. The fourth-order valence-corrected chi connectivity index (χ4v) is 4.16. The highest BCUT2D eigenvalue weighted by molar-refractivity contribution is 7.78. The molecule has 1 aliphatic heterocycles. The molecule has 0 bridgehead atoms. The van der Waals surface area contributed by atoms with Crippen molar-refractivity contribution in [3.63, 3.8) is 0 Å². The number of hydrogen-bond acceptors (Lipinski definition) is 3. The third kappa shape index (κ3) is 1.42. The molecule has 3 rings (SSSR count).